The molecule has 4 aromatic rings. The quantitative estimate of drug-likeness (QED) is 0.288. The molecule has 5 rings (SSSR count). The van der Waals surface area contributed by atoms with Crippen LogP contribution in [-0.4, -0.2) is 25.0 Å². The lowest BCUT2D eigenvalue weighted by molar-refractivity contribution is -0.122. The van der Waals surface area contributed by atoms with Gasteiger partial charge in [0.25, 0.3) is 11.8 Å². The second-order valence-electron chi connectivity index (χ2n) is 8.63. The predicted octanol–water partition coefficient (Wildman–Crippen LogP) is 5.40. The fraction of sp³-hybridized carbons (Fsp3) is 0.100. The first kappa shape index (κ1) is 23.8. The van der Waals surface area contributed by atoms with Crippen LogP contribution in [0.5, 0.6) is 11.5 Å². The molecule has 7 nitrogen and oxygen atoms in total. The van der Waals surface area contributed by atoms with Crippen LogP contribution < -0.4 is 19.7 Å². The first-order valence-electron chi connectivity index (χ1n) is 11.7. The summed E-state index contributed by atoms with van der Waals surface area (Å²) in [6.07, 6.45) is 1.43. The second-order valence-corrected chi connectivity index (χ2v) is 8.63. The van der Waals surface area contributed by atoms with Crippen molar-refractivity contribution in [2.45, 2.75) is 13.5 Å². The zero-order valence-electron chi connectivity index (χ0n) is 20.4. The summed E-state index contributed by atoms with van der Waals surface area (Å²) in [5.41, 5.74) is 2.78. The Morgan fingerprint density at radius 1 is 0.865 bits per heavy atom. The highest BCUT2D eigenvalue weighted by Crippen LogP contribution is 2.31. The number of nitrogens with zero attached hydrogens (tertiary/aromatic N) is 1. The van der Waals surface area contributed by atoms with Gasteiger partial charge in [-0.1, -0.05) is 66.2 Å². The number of benzene rings is 4. The van der Waals surface area contributed by atoms with Crippen molar-refractivity contribution < 1.29 is 23.9 Å². The number of methoxy groups -OCH3 is 1. The third-order valence-electron chi connectivity index (χ3n) is 6.16. The van der Waals surface area contributed by atoms with Gasteiger partial charge in [-0.05, 0) is 59.2 Å². The van der Waals surface area contributed by atoms with Gasteiger partial charge < -0.3 is 9.47 Å². The summed E-state index contributed by atoms with van der Waals surface area (Å²) in [4.78, 5) is 39.1. The molecule has 4 aromatic carbocycles. The number of carbonyl (C=O) groups is 3. The summed E-state index contributed by atoms with van der Waals surface area (Å²) in [5, 5.41) is 4.48. The number of nitrogens with one attached hydrogen (secondary N) is 1. The molecule has 0 bridgehead atoms. The van der Waals surface area contributed by atoms with Crippen LogP contribution in [0.2, 0.25) is 0 Å². The van der Waals surface area contributed by atoms with Crippen molar-refractivity contribution in [2.24, 2.45) is 0 Å². The van der Waals surface area contributed by atoms with Crippen molar-refractivity contribution in [2.75, 3.05) is 12.0 Å². The highest BCUT2D eigenvalue weighted by molar-refractivity contribution is 6.39. The molecule has 1 N–H and O–H groups in total. The summed E-state index contributed by atoms with van der Waals surface area (Å²) in [6, 6.07) is 25.4. The highest BCUT2D eigenvalue weighted by atomic mass is 16.5. The number of hydrogen-bond donors (Lipinski definition) is 1. The zero-order chi connectivity index (χ0) is 25.9. The van der Waals surface area contributed by atoms with Crippen molar-refractivity contribution in [1.29, 1.82) is 0 Å². The number of rotatable bonds is 6. The maximum Gasteiger partial charge on any atom is 0.335 e. The van der Waals surface area contributed by atoms with Gasteiger partial charge in [-0.2, -0.15) is 0 Å². The summed E-state index contributed by atoms with van der Waals surface area (Å²) in [6.45, 7) is 2.24. The number of imide groups is 2. The molecule has 0 aliphatic carbocycles. The van der Waals surface area contributed by atoms with E-state index < -0.39 is 17.8 Å². The number of barbiturate groups is 1. The molecular formula is C30H24N2O5. The van der Waals surface area contributed by atoms with Crippen LogP contribution >= 0.6 is 0 Å². The molecule has 0 unspecified atom stereocenters. The van der Waals surface area contributed by atoms with Crippen LogP contribution in [-0.2, 0) is 16.2 Å². The Bertz CT molecular complexity index is 1550. The van der Waals surface area contributed by atoms with Gasteiger partial charge in [-0.25, -0.2) is 9.69 Å². The molecule has 1 saturated heterocycles. The van der Waals surface area contributed by atoms with Crippen molar-refractivity contribution in [3.8, 4) is 11.5 Å². The lowest BCUT2D eigenvalue weighted by atomic mass is 10.1. The maximum absolute atomic E-state index is 13.1. The SMILES string of the molecule is COc1cc(/C=C2\C(=O)NC(=O)N(c3ccc(C)cc3)C2=O)ccc1OCc1cccc2ccccc12. The second kappa shape index (κ2) is 9.99. The number of aryl methyl sites for hydroxylation is 1. The van der Waals surface area contributed by atoms with E-state index >= 15 is 0 Å². The Balaban J connectivity index is 1.40. The van der Waals surface area contributed by atoms with Crippen LogP contribution in [0, 0.1) is 6.92 Å². The van der Waals surface area contributed by atoms with E-state index in [1.165, 1.54) is 13.2 Å². The third-order valence-corrected chi connectivity index (χ3v) is 6.16. The van der Waals surface area contributed by atoms with Crippen molar-refractivity contribution in [3.63, 3.8) is 0 Å². The van der Waals surface area contributed by atoms with Crippen molar-refractivity contribution >= 4 is 40.4 Å². The minimum atomic E-state index is -0.786. The van der Waals surface area contributed by atoms with E-state index in [0.29, 0.717) is 29.4 Å². The molecule has 0 spiro atoms. The van der Waals surface area contributed by atoms with Gasteiger partial charge in [0.15, 0.2) is 11.5 Å². The number of fused-ring (bicyclic) bond motifs is 1. The number of carbonyl (C=O) groups excluding carboxylic acids is 3. The first-order valence-corrected chi connectivity index (χ1v) is 11.7. The summed E-state index contributed by atoms with van der Waals surface area (Å²) in [7, 11) is 1.52. The van der Waals surface area contributed by atoms with Crippen LogP contribution in [0.3, 0.4) is 0 Å². The number of hydrogen-bond acceptors (Lipinski definition) is 5. The Kier molecular flexibility index (Phi) is 6.43. The van der Waals surface area contributed by atoms with Crippen LogP contribution in [0.4, 0.5) is 10.5 Å². The van der Waals surface area contributed by atoms with Gasteiger partial charge in [0.2, 0.25) is 0 Å². The molecule has 1 aliphatic rings. The Hall–Kier alpha value is -4.91. The summed E-state index contributed by atoms with van der Waals surface area (Å²) in [5.74, 6) is -0.486. The largest absolute Gasteiger partial charge is 0.493 e. The number of anilines is 1. The average molecular weight is 493 g/mol. The minimum Gasteiger partial charge on any atom is -0.493 e. The van der Waals surface area contributed by atoms with Crippen molar-refractivity contribution in [3.05, 3.63) is 107 Å². The van der Waals surface area contributed by atoms with Crippen LogP contribution in [0.1, 0.15) is 16.7 Å². The smallest absolute Gasteiger partial charge is 0.335 e. The van der Waals surface area contributed by atoms with Crippen LogP contribution in [0.25, 0.3) is 16.8 Å². The monoisotopic (exact) mass is 492 g/mol. The maximum atomic E-state index is 13.1. The van der Waals surface area contributed by atoms with E-state index in [1.807, 2.05) is 31.2 Å². The lowest BCUT2D eigenvalue weighted by Crippen LogP contribution is -2.54. The molecule has 0 radical (unpaired) electrons. The van der Waals surface area contributed by atoms with Gasteiger partial charge in [-0.3, -0.25) is 14.9 Å². The zero-order valence-corrected chi connectivity index (χ0v) is 20.4. The van der Waals surface area contributed by atoms with E-state index in [1.54, 1.807) is 42.5 Å². The molecule has 0 atom stereocenters. The molecule has 184 valence electrons. The molecule has 7 heteroatoms. The van der Waals surface area contributed by atoms with Gasteiger partial charge in [0, 0.05) is 0 Å². The number of urea groups is 1. The molecule has 1 fully saturated rings. The molecule has 37 heavy (non-hydrogen) atoms. The van der Waals surface area contributed by atoms with E-state index in [0.717, 1.165) is 26.8 Å². The van der Waals surface area contributed by atoms with Crippen LogP contribution in [0.15, 0.2) is 90.5 Å². The molecule has 1 aliphatic heterocycles. The Morgan fingerprint density at radius 2 is 1.62 bits per heavy atom. The molecule has 0 saturated carbocycles. The normalized spacial score (nSPS) is 14.7. The van der Waals surface area contributed by atoms with E-state index in [9.17, 15) is 14.4 Å². The minimum absolute atomic E-state index is 0.161. The third kappa shape index (κ3) is 4.79. The van der Waals surface area contributed by atoms with E-state index in [4.69, 9.17) is 9.47 Å². The van der Waals surface area contributed by atoms with Gasteiger partial charge in [-0.15, -0.1) is 0 Å². The number of amides is 4. The lowest BCUT2D eigenvalue weighted by Gasteiger charge is -2.26. The first-order chi connectivity index (χ1) is 17.9. The van der Waals surface area contributed by atoms with E-state index in [2.05, 4.69) is 23.5 Å². The molecule has 4 amide bonds. The summed E-state index contributed by atoms with van der Waals surface area (Å²) < 4.78 is 11.6. The van der Waals surface area contributed by atoms with Crippen molar-refractivity contribution in [1.82, 2.24) is 5.32 Å². The highest BCUT2D eigenvalue weighted by Gasteiger charge is 2.36. The molecule has 0 aromatic heterocycles. The molecule has 1 heterocycles. The Labute approximate surface area is 213 Å². The Morgan fingerprint density at radius 3 is 2.41 bits per heavy atom. The summed E-state index contributed by atoms with van der Waals surface area (Å²) >= 11 is 0. The average Bonchev–Trinajstić information content (AvgIpc) is 2.91. The predicted molar refractivity (Wildman–Crippen MR) is 141 cm³/mol. The molecular weight excluding hydrogens is 468 g/mol. The van der Waals surface area contributed by atoms with Gasteiger partial charge in [0.1, 0.15) is 12.2 Å². The van der Waals surface area contributed by atoms with Gasteiger partial charge >= 0.3 is 6.03 Å². The van der Waals surface area contributed by atoms with E-state index in [-0.39, 0.29) is 5.57 Å². The number of ether oxygens (including phenoxy) is 2. The fourth-order valence-electron chi connectivity index (χ4n) is 4.22. The topological polar surface area (TPSA) is 84.9 Å². The standard InChI is InChI=1S/C30H24N2O5/c1-19-10-13-23(14-11-19)32-29(34)25(28(33)31-30(32)35)16-20-12-15-26(27(17-20)36-2)37-18-22-8-5-7-21-6-3-4-9-24(21)22/h3-17H,18H2,1-2H3,(H,31,33,35)/b25-16+. The van der Waals surface area contributed by atoms with Gasteiger partial charge in [0.05, 0.1) is 12.8 Å². The fourth-order valence-corrected chi connectivity index (χ4v) is 4.22.